The van der Waals surface area contributed by atoms with E-state index < -0.39 is 0 Å². The van der Waals surface area contributed by atoms with Crippen LogP contribution in [0.2, 0.25) is 0 Å². The topological polar surface area (TPSA) is 44.8 Å². The van der Waals surface area contributed by atoms with Crippen molar-refractivity contribution in [3.8, 4) is 0 Å². The van der Waals surface area contributed by atoms with Crippen molar-refractivity contribution in [2.45, 2.75) is 44.9 Å². The zero-order valence-electron chi connectivity index (χ0n) is 15.5. The second kappa shape index (κ2) is 8.79. The number of benzene rings is 1. The van der Waals surface area contributed by atoms with Gasteiger partial charge < -0.3 is 15.0 Å². The van der Waals surface area contributed by atoms with Crippen molar-refractivity contribution >= 4 is 5.91 Å². The molecule has 2 aliphatic rings. The fraction of sp³-hybridized carbons (Fsp3) is 0.650. The van der Waals surface area contributed by atoms with Crippen molar-refractivity contribution in [1.29, 1.82) is 0 Å². The van der Waals surface area contributed by atoms with Crippen LogP contribution in [0.4, 0.5) is 0 Å². The van der Waals surface area contributed by atoms with Gasteiger partial charge in [0.15, 0.2) is 0 Å². The monoisotopic (exact) mass is 345 g/mol. The number of nitrogens with one attached hydrogen (secondary N) is 1. The third kappa shape index (κ3) is 5.03. The van der Waals surface area contributed by atoms with Gasteiger partial charge in [0, 0.05) is 32.8 Å². The molecule has 5 heteroatoms. The van der Waals surface area contributed by atoms with Crippen LogP contribution in [0.5, 0.6) is 0 Å². The maximum absolute atomic E-state index is 12.5. The number of nitrogens with zero attached hydrogens (tertiary/aromatic N) is 2. The molecule has 2 heterocycles. The Morgan fingerprint density at radius 1 is 1.28 bits per heavy atom. The van der Waals surface area contributed by atoms with Crippen LogP contribution in [0.3, 0.4) is 0 Å². The lowest BCUT2D eigenvalue weighted by Gasteiger charge is -2.27. The van der Waals surface area contributed by atoms with E-state index in [0.29, 0.717) is 19.1 Å². The summed E-state index contributed by atoms with van der Waals surface area (Å²) in [5.41, 5.74) is 2.40. The van der Waals surface area contributed by atoms with Gasteiger partial charge in [0.2, 0.25) is 5.91 Å². The van der Waals surface area contributed by atoms with Crippen molar-refractivity contribution in [3.63, 3.8) is 0 Å². The molecular formula is C20H31N3O2. The number of ether oxygens (including phenoxy) is 1. The van der Waals surface area contributed by atoms with E-state index in [1.54, 1.807) is 7.11 Å². The number of carbonyl (C=O) groups is 1. The van der Waals surface area contributed by atoms with Crippen LogP contribution in [0.25, 0.3) is 0 Å². The summed E-state index contributed by atoms with van der Waals surface area (Å²) in [4.78, 5) is 17.3. The predicted molar refractivity (Wildman–Crippen MR) is 99.5 cm³/mol. The maximum atomic E-state index is 12.5. The Labute approximate surface area is 151 Å². The maximum Gasteiger partial charge on any atom is 0.234 e. The summed E-state index contributed by atoms with van der Waals surface area (Å²) in [7, 11) is 1.78. The minimum absolute atomic E-state index is 0.103. The molecule has 25 heavy (non-hydrogen) atoms. The Morgan fingerprint density at radius 2 is 2.04 bits per heavy atom. The Kier molecular flexibility index (Phi) is 6.45. The first-order valence-corrected chi connectivity index (χ1v) is 9.46. The van der Waals surface area contributed by atoms with E-state index in [4.69, 9.17) is 4.74 Å². The number of methoxy groups -OCH3 is 1. The molecule has 2 atom stereocenters. The number of aryl methyl sites for hydroxylation is 1. The van der Waals surface area contributed by atoms with Crippen LogP contribution in [-0.2, 0) is 16.1 Å². The first-order chi connectivity index (χ1) is 12.2. The largest absolute Gasteiger partial charge is 0.380 e. The molecule has 1 aromatic rings. The van der Waals surface area contributed by atoms with Gasteiger partial charge in [-0.3, -0.25) is 9.69 Å². The fourth-order valence-electron chi connectivity index (χ4n) is 4.00. The van der Waals surface area contributed by atoms with E-state index in [0.717, 1.165) is 19.5 Å². The Balaban J connectivity index is 1.51. The van der Waals surface area contributed by atoms with Crippen LogP contribution in [0.15, 0.2) is 24.3 Å². The summed E-state index contributed by atoms with van der Waals surface area (Å²) in [5.74, 6) is 0.103. The molecule has 0 radical (unpaired) electrons. The summed E-state index contributed by atoms with van der Waals surface area (Å²) in [6.45, 7) is 7.45. The molecule has 0 unspecified atom stereocenters. The molecule has 1 amide bonds. The van der Waals surface area contributed by atoms with Gasteiger partial charge in [-0.05, 0) is 50.4 Å². The highest BCUT2D eigenvalue weighted by molar-refractivity contribution is 5.78. The van der Waals surface area contributed by atoms with Crippen molar-refractivity contribution in [2.75, 3.05) is 39.8 Å². The zero-order valence-corrected chi connectivity index (χ0v) is 15.5. The fourth-order valence-corrected chi connectivity index (χ4v) is 4.00. The number of rotatable bonds is 7. The molecule has 0 saturated carbocycles. The molecule has 2 aliphatic heterocycles. The summed E-state index contributed by atoms with van der Waals surface area (Å²) in [5, 5.41) is 3.08. The van der Waals surface area contributed by atoms with Gasteiger partial charge in [0.05, 0.1) is 12.6 Å². The Bertz CT molecular complexity index is 572. The number of likely N-dealkylation sites (tertiary alicyclic amines) is 2. The second-order valence-corrected chi connectivity index (χ2v) is 7.39. The number of hydrogen-bond donors (Lipinski definition) is 1. The van der Waals surface area contributed by atoms with E-state index >= 15 is 0 Å². The van der Waals surface area contributed by atoms with Gasteiger partial charge in [-0.1, -0.05) is 24.3 Å². The lowest BCUT2D eigenvalue weighted by Crippen LogP contribution is -2.44. The second-order valence-electron chi connectivity index (χ2n) is 7.39. The summed E-state index contributed by atoms with van der Waals surface area (Å²) >= 11 is 0. The van der Waals surface area contributed by atoms with Crippen LogP contribution in [-0.4, -0.2) is 67.7 Å². The van der Waals surface area contributed by atoms with Crippen LogP contribution in [0.1, 0.15) is 30.4 Å². The van der Waals surface area contributed by atoms with Crippen molar-refractivity contribution < 1.29 is 9.53 Å². The smallest absolute Gasteiger partial charge is 0.234 e. The highest BCUT2D eigenvalue weighted by Crippen LogP contribution is 2.22. The van der Waals surface area contributed by atoms with Crippen molar-refractivity contribution in [1.82, 2.24) is 15.1 Å². The van der Waals surface area contributed by atoms with Gasteiger partial charge in [-0.2, -0.15) is 0 Å². The molecule has 0 bridgehead atoms. The predicted octanol–water partition coefficient (Wildman–Crippen LogP) is 1.80. The summed E-state index contributed by atoms with van der Waals surface area (Å²) in [6, 6.07) is 8.62. The minimum Gasteiger partial charge on any atom is -0.380 e. The number of amides is 1. The van der Waals surface area contributed by atoms with Crippen molar-refractivity contribution in [2.24, 2.45) is 0 Å². The van der Waals surface area contributed by atoms with Crippen LogP contribution < -0.4 is 5.32 Å². The van der Waals surface area contributed by atoms with E-state index in [-0.39, 0.29) is 12.0 Å². The Hall–Kier alpha value is -1.43. The van der Waals surface area contributed by atoms with Crippen LogP contribution in [0, 0.1) is 6.92 Å². The summed E-state index contributed by atoms with van der Waals surface area (Å²) < 4.78 is 5.57. The normalized spacial score (nSPS) is 24.7. The third-order valence-electron chi connectivity index (χ3n) is 5.57. The first kappa shape index (κ1) is 18.4. The molecule has 3 rings (SSSR count). The standard InChI is InChI=1S/C20H31N3O2/c1-16-7-3-4-8-17(16)12-21-20(24)15-23-14-19(25-2)11-18(23)13-22-9-5-6-10-22/h3-4,7-8,18-19H,5-6,9-15H2,1-2H3,(H,21,24)/t18-,19-/m0/s1. The Morgan fingerprint density at radius 3 is 2.76 bits per heavy atom. The number of carbonyl (C=O) groups excluding carboxylic acids is 1. The molecule has 1 aromatic carbocycles. The van der Waals surface area contributed by atoms with E-state index in [2.05, 4.69) is 34.2 Å². The van der Waals surface area contributed by atoms with Gasteiger partial charge in [0.25, 0.3) is 0 Å². The molecule has 2 saturated heterocycles. The van der Waals surface area contributed by atoms with Gasteiger partial charge in [-0.25, -0.2) is 0 Å². The van der Waals surface area contributed by atoms with Gasteiger partial charge in [-0.15, -0.1) is 0 Å². The third-order valence-corrected chi connectivity index (χ3v) is 5.57. The average molecular weight is 345 g/mol. The molecule has 5 nitrogen and oxygen atoms in total. The quantitative estimate of drug-likeness (QED) is 0.818. The molecular weight excluding hydrogens is 314 g/mol. The molecule has 0 spiro atoms. The van der Waals surface area contributed by atoms with Gasteiger partial charge >= 0.3 is 0 Å². The SMILES string of the molecule is CO[C@H]1C[C@@H](CN2CCCC2)N(CC(=O)NCc2ccccc2C)C1. The van der Waals surface area contributed by atoms with E-state index in [9.17, 15) is 4.79 Å². The highest BCUT2D eigenvalue weighted by Gasteiger charge is 2.34. The first-order valence-electron chi connectivity index (χ1n) is 9.46. The van der Waals surface area contributed by atoms with Crippen LogP contribution >= 0.6 is 0 Å². The number of hydrogen-bond acceptors (Lipinski definition) is 4. The van der Waals surface area contributed by atoms with Gasteiger partial charge in [0.1, 0.15) is 0 Å². The molecule has 1 N–H and O–H groups in total. The minimum atomic E-state index is 0.103. The zero-order chi connectivity index (χ0) is 17.6. The lowest BCUT2D eigenvalue weighted by molar-refractivity contribution is -0.122. The van der Waals surface area contributed by atoms with E-state index in [1.165, 1.54) is 37.1 Å². The average Bonchev–Trinajstić information content (AvgIpc) is 3.25. The molecule has 0 aliphatic carbocycles. The molecule has 138 valence electrons. The van der Waals surface area contributed by atoms with Crippen molar-refractivity contribution in [3.05, 3.63) is 35.4 Å². The molecule has 0 aromatic heterocycles. The summed E-state index contributed by atoms with van der Waals surface area (Å²) in [6.07, 6.45) is 3.88. The molecule has 2 fully saturated rings. The highest BCUT2D eigenvalue weighted by atomic mass is 16.5. The van der Waals surface area contributed by atoms with E-state index in [1.807, 2.05) is 12.1 Å². The lowest BCUT2D eigenvalue weighted by atomic mass is 10.1.